The summed E-state index contributed by atoms with van der Waals surface area (Å²) < 4.78 is 14.9. The van der Waals surface area contributed by atoms with Crippen molar-refractivity contribution in [3.05, 3.63) is 51.0 Å². The van der Waals surface area contributed by atoms with E-state index in [2.05, 4.69) is 5.10 Å². The number of hydrogen-bond donors (Lipinski definition) is 0. The fourth-order valence-electron chi connectivity index (χ4n) is 1.80. The number of rotatable bonds is 3. The average Bonchev–Trinajstić information content (AvgIpc) is 2.59. The molecule has 1 heterocycles. The first-order valence-electron chi connectivity index (χ1n) is 5.56. The second-order valence-electron chi connectivity index (χ2n) is 4.20. The van der Waals surface area contributed by atoms with Gasteiger partial charge in [0, 0.05) is 12.6 Å². The lowest BCUT2D eigenvalue weighted by molar-refractivity contribution is 0.0990. The molecule has 0 radical (unpaired) electrons. The number of ketones is 1. The van der Waals surface area contributed by atoms with Crippen LogP contribution in [0.25, 0.3) is 0 Å². The molecule has 0 fully saturated rings. The minimum atomic E-state index is -0.611. The van der Waals surface area contributed by atoms with E-state index in [1.165, 1.54) is 12.1 Å². The van der Waals surface area contributed by atoms with Crippen molar-refractivity contribution in [3.63, 3.8) is 0 Å². The van der Waals surface area contributed by atoms with Gasteiger partial charge in [0.05, 0.1) is 27.9 Å². The van der Waals surface area contributed by atoms with Crippen LogP contribution in [0.5, 0.6) is 0 Å². The van der Waals surface area contributed by atoms with Gasteiger partial charge in [-0.1, -0.05) is 23.2 Å². The molecule has 6 heteroatoms. The summed E-state index contributed by atoms with van der Waals surface area (Å²) in [6, 6.07) is 3.98. The van der Waals surface area contributed by atoms with Crippen LogP contribution >= 0.6 is 23.2 Å². The van der Waals surface area contributed by atoms with E-state index >= 15 is 0 Å². The maximum atomic E-state index is 13.3. The smallest absolute Gasteiger partial charge is 0.168 e. The number of aryl methyl sites for hydroxylation is 2. The van der Waals surface area contributed by atoms with Crippen molar-refractivity contribution in [1.29, 1.82) is 0 Å². The van der Waals surface area contributed by atoms with E-state index in [1.54, 1.807) is 18.7 Å². The second kappa shape index (κ2) is 5.31. The Morgan fingerprint density at radius 3 is 2.63 bits per heavy atom. The summed E-state index contributed by atoms with van der Waals surface area (Å²) in [7, 11) is 1.71. The highest BCUT2D eigenvalue weighted by Gasteiger charge is 2.16. The first-order chi connectivity index (χ1) is 8.90. The van der Waals surface area contributed by atoms with Gasteiger partial charge < -0.3 is 0 Å². The Kier molecular flexibility index (Phi) is 3.92. The van der Waals surface area contributed by atoms with Crippen molar-refractivity contribution >= 4 is 29.0 Å². The first-order valence-corrected chi connectivity index (χ1v) is 6.32. The summed E-state index contributed by atoms with van der Waals surface area (Å²) in [6.07, 6.45) is 0.0667. The van der Waals surface area contributed by atoms with Gasteiger partial charge in [-0.25, -0.2) is 4.39 Å². The Morgan fingerprint density at radius 1 is 1.42 bits per heavy atom. The van der Waals surface area contributed by atoms with Crippen molar-refractivity contribution in [2.45, 2.75) is 13.3 Å². The maximum Gasteiger partial charge on any atom is 0.168 e. The van der Waals surface area contributed by atoms with Gasteiger partial charge in [-0.15, -0.1) is 0 Å². The quantitative estimate of drug-likeness (QED) is 0.812. The molecule has 0 spiro atoms. The van der Waals surface area contributed by atoms with Crippen LogP contribution in [0.15, 0.2) is 18.2 Å². The van der Waals surface area contributed by atoms with E-state index in [0.717, 1.165) is 6.07 Å². The van der Waals surface area contributed by atoms with Gasteiger partial charge in [-0.3, -0.25) is 9.48 Å². The van der Waals surface area contributed by atoms with Crippen LogP contribution in [0.3, 0.4) is 0 Å². The van der Waals surface area contributed by atoms with Gasteiger partial charge in [0.2, 0.25) is 0 Å². The molecule has 0 saturated heterocycles. The molecule has 0 aliphatic heterocycles. The van der Waals surface area contributed by atoms with Gasteiger partial charge in [-0.2, -0.15) is 5.10 Å². The number of benzene rings is 1. The molecule has 19 heavy (non-hydrogen) atoms. The number of Topliss-reactive ketones (excluding diaryl/α,β-unsaturated/α-hetero) is 1. The number of carbonyl (C=O) groups is 1. The van der Waals surface area contributed by atoms with E-state index in [-0.39, 0.29) is 22.8 Å². The highest BCUT2D eigenvalue weighted by atomic mass is 35.5. The first kappa shape index (κ1) is 14.0. The zero-order chi connectivity index (χ0) is 14.2. The highest BCUT2D eigenvalue weighted by molar-refractivity contribution is 6.32. The third kappa shape index (κ3) is 2.80. The van der Waals surface area contributed by atoms with Crippen molar-refractivity contribution < 1.29 is 9.18 Å². The molecule has 1 aromatic heterocycles. The number of hydrogen-bond acceptors (Lipinski definition) is 2. The predicted octanol–water partition coefficient (Wildman–Crippen LogP) is 3.60. The monoisotopic (exact) mass is 300 g/mol. The summed E-state index contributed by atoms with van der Waals surface area (Å²) in [5.41, 5.74) is 1.53. The molecule has 0 bridgehead atoms. The van der Waals surface area contributed by atoms with Gasteiger partial charge in [-0.05, 0) is 25.1 Å². The molecule has 0 saturated carbocycles. The fraction of sp³-hybridized carbons (Fsp3) is 0.231. The van der Waals surface area contributed by atoms with Gasteiger partial charge in [0.25, 0.3) is 0 Å². The predicted molar refractivity (Wildman–Crippen MR) is 72.4 cm³/mol. The Morgan fingerprint density at radius 2 is 2.11 bits per heavy atom. The van der Waals surface area contributed by atoms with Crippen LogP contribution in [0.1, 0.15) is 21.7 Å². The number of nitrogens with zero attached hydrogens (tertiary/aromatic N) is 2. The maximum absolute atomic E-state index is 13.3. The molecule has 100 valence electrons. The van der Waals surface area contributed by atoms with E-state index in [1.807, 2.05) is 0 Å². The molecule has 0 aliphatic rings. The summed E-state index contributed by atoms with van der Waals surface area (Å²) in [5.74, 6) is -0.847. The van der Waals surface area contributed by atoms with Crippen LogP contribution in [0, 0.1) is 12.7 Å². The van der Waals surface area contributed by atoms with Gasteiger partial charge in [0.1, 0.15) is 5.82 Å². The molecule has 0 unspecified atom stereocenters. The van der Waals surface area contributed by atoms with E-state index < -0.39 is 5.82 Å². The van der Waals surface area contributed by atoms with Crippen LogP contribution in [0.2, 0.25) is 10.0 Å². The van der Waals surface area contributed by atoms with Crippen LogP contribution < -0.4 is 0 Å². The van der Waals surface area contributed by atoms with Crippen molar-refractivity contribution in [2.24, 2.45) is 7.05 Å². The number of carbonyl (C=O) groups excluding carboxylic acids is 1. The topological polar surface area (TPSA) is 34.9 Å². The molecular weight excluding hydrogens is 290 g/mol. The lowest BCUT2D eigenvalue weighted by Crippen LogP contribution is -2.08. The summed E-state index contributed by atoms with van der Waals surface area (Å²) in [6.45, 7) is 1.76. The minimum Gasteiger partial charge on any atom is -0.294 e. The molecule has 0 aliphatic carbocycles. The largest absolute Gasteiger partial charge is 0.294 e. The van der Waals surface area contributed by atoms with Gasteiger partial charge >= 0.3 is 0 Å². The number of halogens is 3. The Balaban J connectivity index is 2.28. The molecule has 2 aromatic rings. The lowest BCUT2D eigenvalue weighted by atomic mass is 10.1. The zero-order valence-corrected chi connectivity index (χ0v) is 11.9. The Hall–Kier alpha value is -1.39. The molecule has 0 N–H and O–H groups in total. The summed E-state index contributed by atoms with van der Waals surface area (Å²) in [5, 5.41) is 4.58. The van der Waals surface area contributed by atoms with E-state index in [4.69, 9.17) is 23.2 Å². The Bertz CT molecular complexity index is 652. The fourth-order valence-corrected chi connectivity index (χ4v) is 2.14. The van der Waals surface area contributed by atoms with Crippen molar-refractivity contribution in [3.8, 4) is 0 Å². The van der Waals surface area contributed by atoms with Crippen LogP contribution in [-0.2, 0) is 13.5 Å². The molecule has 1 aromatic carbocycles. The normalized spacial score (nSPS) is 10.8. The highest BCUT2D eigenvalue weighted by Crippen LogP contribution is 2.22. The van der Waals surface area contributed by atoms with Crippen molar-refractivity contribution in [1.82, 2.24) is 9.78 Å². The van der Waals surface area contributed by atoms with Crippen LogP contribution in [0.4, 0.5) is 4.39 Å². The third-order valence-corrected chi connectivity index (χ3v) is 3.63. The lowest BCUT2D eigenvalue weighted by Gasteiger charge is -2.04. The molecular formula is C13H11Cl2FN2O. The van der Waals surface area contributed by atoms with E-state index in [9.17, 15) is 9.18 Å². The zero-order valence-electron chi connectivity index (χ0n) is 10.4. The standard InChI is InChI=1S/C13H11Cl2FN2O/c1-7-13(15)11(18(2)17-7)6-12(19)8-3-4-9(14)10(16)5-8/h3-5H,6H2,1-2H3. The van der Waals surface area contributed by atoms with Gasteiger partial charge in [0.15, 0.2) is 5.78 Å². The van der Waals surface area contributed by atoms with Crippen molar-refractivity contribution in [2.75, 3.05) is 0 Å². The SMILES string of the molecule is Cc1nn(C)c(CC(=O)c2ccc(Cl)c(F)c2)c1Cl. The molecule has 0 atom stereocenters. The van der Waals surface area contributed by atoms with Crippen LogP contribution in [-0.4, -0.2) is 15.6 Å². The molecule has 2 rings (SSSR count). The molecule has 3 nitrogen and oxygen atoms in total. The Labute approximate surface area is 119 Å². The second-order valence-corrected chi connectivity index (χ2v) is 4.98. The third-order valence-electron chi connectivity index (χ3n) is 2.83. The van der Waals surface area contributed by atoms with E-state index in [0.29, 0.717) is 16.4 Å². The minimum absolute atomic E-state index is 0.00837. The average molecular weight is 301 g/mol. The number of aromatic nitrogens is 2. The summed E-state index contributed by atoms with van der Waals surface area (Å²) in [4.78, 5) is 12.1. The molecule has 0 amide bonds. The summed E-state index contributed by atoms with van der Waals surface area (Å²) >= 11 is 11.6.